The Morgan fingerprint density at radius 3 is 2.79 bits per heavy atom. The molecule has 24 heavy (non-hydrogen) atoms. The highest BCUT2D eigenvalue weighted by Gasteiger charge is 2.12. The lowest BCUT2D eigenvalue weighted by Crippen LogP contribution is -2.00. The molecule has 0 unspecified atom stereocenters. The Balaban J connectivity index is 2.08. The van der Waals surface area contributed by atoms with Gasteiger partial charge in [-0.1, -0.05) is 30.3 Å². The van der Waals surface area contributed by atoms with E-state index in [0.717, 1.165) is 16.9 Å². The Morgan fingerprint density at radius 1 is 1.29 bits per heavy atom. The lowest BCUT2D eigenvalue weighted by Gasteiger charge is -2.06. The van der Waals surface area contributed by atoms with Crippen LogP contribution in [0.15, 0.2) is 48.8 Å². The molecule has 0 fully saturated rings. The summed E-state index contributed by atoms with van der Waals surface area (Å²) >= 11 is 0. The van der Waals surface area contributed by atoms with Crippen LogP contribution in [-0.4, -0.2) is 34.1 Å². The number of hydrogen-bond donors (Lipinski definition) is 0. The van der Waals surface area contributed by atoms with Gasteiger partial charge in [0.25, 0.3) is 0 Å². The molecule has 0 saturated carbocycles. The van der Waals surface area contributed by atoms with Crippen molar-refractivity contribution in [2.75, 3.05) is 13.7 Å². The third-order valence-corrected chi connectivity index (χ3v) is 3.41. The Morgan fingerprint density at radius 2 is 2.08 bits per heavy atom. The van der Waals surface area contributed by atoms with Gasteiger partial charge in [-0.2, -0.15) is 0 Å². The summed E-state index contributed by atoms with van der Waals surface area (Å²) in [7, 11) is 1.55. The molecule has 0 spiro atoms. The zero-order valence-corrected chi connectivity index (χ0v) is 13.5. The average molecular weight is 323 g/mol. The fraction of sp³-hybridized carbons (Fsp3) is 0.167. The van der Waals surface area contributed by atoms with E-state index < -0.39 is 5.97 Å². The lowest BCUT2D eigenvalue weighted by atomic mass is 10.2. The summed E-state index contributed by atoms with van der Waals surface area (Å²) < 4.78 is 12.1. The number of rotatable bonds is 5. The zero-order chi connectivity index (χ0) is 16.9. The van der Waals surface area contributed by atoms with Crippen molar-refractivity contribution in [3.05, 3.63) is 54.5 Å². The SMILES string of the molecule is CCOC(=O)/C=C/c1cn2c(-c3ccccc3)ncc2c(OC)n1. The molecular formula is C18H17N3O3. The molecule has 0 atom stereocenters. The molecule has 0 bridgehead atoms. The van der Waals surface area contributed by atoms with Crippen LogP contribution < -0.4 is 4.74 Å². The predicted octanol–water partition coefficient (Wildman–Crippen LogP) is 2.98. The van der Waals surface area contributed by atoms with E-state index in [0.29, 0.717) is 18.2 Å². The summed E-state index contributed by atoms with van der Waals surface area (Å²) in [6, 6.07) is 9.83. The van der Waals surface area contributed by atoms with Gasteiger partial charge in [0.15, 0.2) is 0 Å². The summed E-state index contributed by atoms with van der Waals surface area (Å²) in [5.41, 5.74) is 2.30. The van der Waals surface area contributed by atoms with Crippen LogP contribution in [0.1, 0.15) is 12.6 Å². The third-order valence-electron chi connectivity index (χ3n) is 3.41. The zero-order valence-electron chi connectivity index (χ0n) is 13.5. The molecule has 2 heterocycles. The summed E-state index contributed by atoms with van der Waals surface area (Å²) in [6.07, 6.45) is 6.46. The number of nitrogens with zero attached hydrogens (tertiary/aromatic N) is 3. The van der Waals surface area contributed by atoms with E-state index in [-0.39, 0.29) is 0 Å². The second-order valence-corrected chi connectivity index (χ2v) is 4.96. The number of ether oxygens (including phenoxy) is 2. The minimum Gasteiger partial charge on any atom is -0.479 e. The fourth-order valence-electron chi connectivity index (χ4n) is 2.36. The number of esters is 1. The van der Waals surface area contributed by atoms with Crippen LogP contribution in [0.2, 0.25) is 0 Å². The van der Waals surface area contributed by atoms with Gasteiger partial charge in [-0.3, -0.25) is 4.40 Å². The highest BCUT2D eigenvalue weighted by molar-refractivity contribution is 5.86. The summed E-state index contributed by atoms with van der Waals surface area (Å²) in [4.78, 5) is 20.3. The monoisotopic (exact) mass is 323 g/mol. The minimum atomic E-state index is -0.410. The van der Waals surface area contributed by atoms with Gasteiger partial charge >= 0.3 is 5.97 Å². The van der Waals surface area contributed by atoms with Gasteiger partial charge < -0.3 is 9.47 Å². The first-order chi connectivity index (χ1) is 11.7. The number of carbonyl (C=O) groups excluding carboxylic acids is 1. The molecule has 6 nitrogen and oxygen atoms in total. The maximum absolute atomic E-state index is 11.5. The van der Waals surface area contributed by atoms with Gasteiger partial charge in [-0.05, 0) is 13.0 Å². The summed E-state index contributed by atoms with van der Waals surface area (Å²) in [5, 5.41) is 0. The molecule has 0 aliphatic carbocycles. The lowest BCUT2D eigenvalue weighted by molar-refractivity contribution is -0.137. The van der Waals surface area contributed by atoms with Gasteiger partial charge in [-0.15, -0.1) is 0 Å². The smallest absolute Gasteiger partial charge is 0.330 e. The Bertz CT molecular complexity index is 885. The van der Waals surface area contributed by atoms with Crippen LogP contribution in [0.25, 0.3) is 23.0 Å². The number of benzene rings is 1. The number of carbonyl (C=O) groups is 1. The molecule has 2 aromatic heterocycles. The fourth-order valence-corrected chi connectivity index (χ4v) is 2.36. The van der Waals surface area contributed by atoms with E-state index in [1.165, 1.54) is 6.08 Å². The molecule has 122 valence electrons. The largest absolute Gasteiger partial charge is 0.479 e. The van der Waals surface area contributed by atoms with Crippen LogP contribution in [-0.2, 0) is 9.53 Å². The summed E-state index contributed by atoms with van der Waals surface area (Å²) in [5.74, 6) is 0.806. The molecule has 3 aromatic rings. The third kappa shape index (κ3) is 3.12. The number of fused-ring (bicyclic) bond motifs is 1. The first kappa shape index (κ1) is 15.7. The van der Waals surface area contributed by atoms with Gasteiger partial charge in [0.2, 0.25) is 5.88 Å². The normalized spacial score (nSPS) is 11.1. The molecule has 0 aliphatic heterocycles. The van der Waals surface area contributed by atoms with E-state index in [4.69, 9.17) is 9.47 Å². The van der Waals surface area contributed by atoms with Gasteiger partial charge in [0.05, 0.1) is 25.6 Å². The number of hydrogen-bond acceptors (Lipinski definition) is 5. The number of methoxy groups -OCH3 is 1. The molecular weight excluding hydrogens is 306 g/mol. The van der Waals surface area contributed by atoms with Gasteiger partial charge in [0, 0.05) is 17.8 Å². The van der Waals surface area contributed by atoms with Crippen LogP contribution in [0.4, 0.5) is 0 Å². The van der Waals surface area contributed by atoms with E-state index in [2.05, 4.69) is 9.97 Å². The van der Waals surface area contributed by atoms with Crippen molar-refractivity contribution in [1.29, 1.82) is 0 Å². The van der Waals surface area contributed by atoms with Gasteiger partial charge in [0.1, 0.15) is 11.3 Å². The molecule has 0 amide bonds. The predicted molar refractivity (Wildman–Crippen MR) is 90.6 cm³/mol. The van der Waals surface area contributed by atoms with Crippen molar-refractivity contribution in [1.82, 2.24) is 14.4 Å². The first-order valence-electron chi connectivity index (χ1n) is 7.55. The maximum atomic E-state index is 11.5. The standard InChI is InChI=1S/C18H17N3O3/c1-3-24-16(22)10-9-14-12-21-15(18(20-14)23-2)11-19-17(21)13-7-5-4-6-8-13/h4-12H,3H2,1-2H3/b10-9+. The summed E-state index contributed by atoms with van der Waals surface area (Å²) in [6.45, 7) is 2.09. The van der Waals surface area contributed by atoms with Crippen LogP contribution >= 0.6 is 0 Å². The van der Waals surface area contributed by atoms with Crippen molar-refractivity contribution in [2.24, 2.45) is 0 Å². The molecule has 0 saturated heterocycles. The Hall–Kier alpha value is -3.15. The van der Waals surface area contributed by atoms with Crippen molar-refractivity contribution in [3.63, 3.8) is 0 Å². The molecule has 0 N–H and O–H groups in total. The molecule has 0 aliphatic rings. The second-order valence-electron chi connectivity index (χ2n) is 4.96. The van der Waals surface area contributed by atoms with Gasteiger partial charge in [-0.25, -0.2) is 14.8 Å². The van der Waals surface area contributed by atoms with E-state index in [9.17, 15) is 4.79 Å². The molecule has 6 heteroatoms. The minimum absolute atomic E-state index is 0.332. The number of aromatic nitrogens is 3. The van der Waals surface area contributed by atoms with E-state index in [1.54, 1.807) is 26.3 Å². The Kier molecular flexibility index (Phi) is 4.56. The van der Waals surface area contributed by atoms with Crippen LogP contribution in [0.3, 0.4) is 0 Å². The number of imidazole rings is 1. The van der Waals surface area contributed by atoms with Crippen LogP contribution in [0.5, 0.6) is 5.88 Å². The quantitative estimate of drug-likeness (QED) is 0.533. The highest BCUT2D eigenvalue weighted by atomic mass is 16.5. The molecule has 0 radical (unpaired) electrons. The average Bonchev–Trinajstić information content (AvgIpc) is 3.04. The highest BCUT2D eigenvalue weighted by Crippen LogP contribution is 2.25. The Labute approximate surface area is 139 Å². The van der Waals surface area contributed by atoms with E-state index >= 15 is 0 Å². The second kappa shape index (κ2) is 6.95. The van der Waals surface area contributed by atoms with Crippen molar-refractivity contribution in [3.8, 4) is 17.3 Å². The first-order valence-corrected chi connectivity index (χ1v) is 7.55. The molecule has 1 aromatic carbocycles. The van der Waals surface area contributed by atoms with Crippen molar-refractivity contribution >= 4 is 17.6 Å². The van der Waals surface area contributed by atoms with Crippen LogP contribution in [0, 0.1) is 0 Å². The van der Waals surface area contributed by atoms with Crippen molar-refractivity contribution < 1.29 is 14.3 Å². The molecule has 3 rings (SSSR count). The topological polar surface area (TPSA) is 65.7 Å². The van der Waals surface area contributed by atoms with E-state index in [1.807, 2.05) is 40.9 Å². The van der Waals surface area contributed by atoms with Crippen molar-refractivity contribution in [2.45, 2.75) is 6.92 Å². The maximum Gasteiger partial charge on any atom is 0.330 e.